The first-order valence-electron chi connectivity index (χ1n) is 6.50. The molecule has 8 heteroatoms. The maximum absolute atomic E-state index is 12.2. The average molecular weight is 334 g/mol. The molecule has 1 aliphatic heterocycles. The van der Waals surface area contributed by atoms with Crippen molar-refractivity contribution in [2.24, 2.45) is 5.92 Å². The lowest BCUT2D eigenvalue weighted by atomic mass is 10.0. The zero-order valence-electron chi connectivity index (χ0n) is 11.2. The van der Waals surface area contributed by atoms with E-state index < -0.39 is 16.0 Å². The monoisotopic (exact) mass is 333 g/mol. The maximum atomic E-state index is 12.2. The molecule has 6 nitrogen and oxygen atoms in total. The Morgan fingerprint density at radius 3 is 2.62 bits per heavy atom. The number of carboxylic acid groups (broad SMARTS) is 1. The molecule has 1 saturated heterocycles. The van der Waals surface area contributed by atoms with Gasteiger partial charge in [0, 0.05) is 19.8 Å². The highest BCUT2D eigenvalue weighted by Gasteiger charge is 2.20. The summed E-state index contributed by atoms with van der Waals surface area (Å²) in [6.45, 7) is 1.63. The molecule has 2 rings (SSSR count). The van der Waals surface area contributed by atoms with Gasteiger partial charge in [-0.15, -0.1) is 0 Å². The molecule has 116 valence electrons. The Balaban J connectivity index is 2.08. The van der Waals surface area contributed by atoms with Crippen LogP contribution >= 0.6 is 11.6 Å². The molecule has 0 unspecified atom stereocenters. The van der Waals surface area contributed by atoms with Gasteiger partial charge in [0.05, 0.1) is 15.5 Å². The number of nitrogens with one attached hydrogen (secondary N) is 1. The van der Waals surface area contributed by atoms with Crippen LogP contribution in [0.15, 0.2) is 23.1 Å². The van der Waals surface area contributed by atoms with Gasteiger partial charge in [0.2, 0.25) is 10.0 Å². The summed E-state index contributed by atoms with van der Waals surface area (Å²) in [5.41, 5.74) is -0.125. The summed E-state index contributed by atoms with van der Waals surface area (Å²) in [7, 11) is -3.69. The van der Waals surface area contributed by atoms with Gasteiger partial charge in [-0.3, -0.25) is 0 Å². The third-order valence-electron chi connectivity index (χ3n) is 3.38. The fraction of sp³-hybridized carbons (Fsp3) is 0.462. The lowest BCUT2D eigenvalue weighted by Gasteiger charge is -2.22. The summed E-state index contributed by atoms with van der Waals surface area (Å²) in [6.07, 6.45) is 1.64. The number of carbonyl (C=O) groups is 1. The molecule has 1 aromatic carbocycles. The summed E-state index contributed by atoms with van der Waals surface area (Å²) < 4.78 is 32.1. The summed E-state index contributed by atoms with van der Waals surface area (Å²) in [5.74, 6) is -0.943. The zero-order valence-corrected chi connectivity index (χ0v) is 12.8. The van der Waals surface area contributed by atoms with Crippen molar-refractivity contribution < 1.29 is 23.1 Å². The van der Waals surface area contributed by atoms with E-state index in [9.17, 15) is 13.2 Å². The fourth-order valence-electron chi connectivity index (χ4n) is 2.10. The number of sulfonamides is 1. The molecule has 1 fully saturated rings. The van der Waals surface area contributed by atoms with Gasteiger partial charge in [-0.05, 0) is 37.0 Å². The van der Waals surface area contributed by atoms with Crippen LogP contribution in [0.2, 0.25) is 5.02 Å². The molecule has 0 saturated carbocycles. The Morgan fingerprint density at radius 1 is 1.38 bits per heavy atom. The molecular formula is C13H16ClNO5S. The molecule has 1 aliphatic rings. The van der Waals surface area contributed by atoms with Crippen LogP contribution < -0.4 is 4.72 Å². The van der Waals surface area contributed by atoms with Gasteiger partial charge < -0.3 is 9.84 Å². The average Bonchev–Trinajstić information content (AvgIpc) is 2.46. The van der Waals surface area contributed by atoms with Gasteiger partial charge in [-0.1, -0.05) is 11.6 Å². The fourth-order valence-corrected chi connectivity index (χ4v) is 3.57. The second-order valence-electron chi connectivity index (χ2n) is 4.85. The highest BCUT2D eigenvalue weighted by molar-refractivity contribution is 7.89. The molecule has 1 aromatic rings. The summed E-state index contributed by atoms with van der Waals surface area (Å²) in [5, 5.41) is 8.77. The van der Waals surface area contributed by atoms with Crippen LogP contribution in [0.3, 0.4) is 0 Å². The topological polar surface area (TPSA) is 92.7 Å². The minimum absolute atomic E-state index is 0.0374. The van der Waals surface area contributed by atoms with Crippen LogP contribution in [-0.2, 0) is 14.8 Å². The normalized spacial score (nSPS) is 16.8. The molecule has 0 aliphatic carbocycles. The summed E-state index contributed by atoms with van der Waals surface area (Å²) in [6, 6.07) is 3.58. The Labute approximate surface area is 128 Å². The van der Waals surface area contributed by atoms with Gasteiger partial charge in [-0.2, -0.15) is 0 Å². The van der Waals surface area contributed by atoms with Crippen molar-refractivity contribution in [2.75, 3.05) is 19.8 Å². The van der Waals surface area contributed by atoms with E-state index in [4.69, 9.17) is 21.4 Å². The van der Waals surface area contributed by atoms with E-state index >= 15 is 0 Å². The first-order valence-corrected chi connectivity index (χ1v) is 8.36. The number of rotatable bonds is 5. The lowest BCUT2D eigenvalue weighted by Crippen LogP contribution is -2.32. The SMILES string of the molecule is O=C(O)c1ccc(S(=O)(=O)NCC2CCOCC2)cc1Cl. The molecule has 0 spiro atoms. The summed E-state index contributed by atoms with van der Waals surface area (Å²) in [4.78, 5) is 10.8. The Bertz CT molecular complexity index is 625. The van der Waals surface area contributed by atoms with Crippen molar-refractivity contribution >= 4 is 27.6 Å². The number of benzene rings is 1. The lowest BCUT2D eigenvalue weighted by molar-refractivity contribution is 0.0678. The maximum Gasteiger partial charge on any atom is 0.337 e. The van der Waals surface area contributed by atoms with E-state index in [-0.39, 0.29) is 21.4 Å². The van der Waals surface area contributed by atoms with Crippen LogP contribution in [-0.4, -0.2) is 39.3 Å². The predicted molar refractivity (Wildman–Crippen MR) is 77.1 cm³/mol. The number of ether oxygens (including phenoxy) is 1. The highest BCUT2D eigenvalue weighted by Crippen LogP contribution is 2.21. The highest BCUT2D eigenvalue weighted by atomic mass is 35.5. The van der Waals surface area contributed by atoms with Crippen molar-refractivity contribution in [3.05, 3.63) is 28.8 Å². The van der Waals surface area contributed by atoms with E-state index in [1.165, 1.54) is 12.1 Å². The second-order valence-corrected chi connectivity index (χ2v) is 7.03. The van der Waals surface area contributed by atoms with Crippen molar-refractivity contribution in [3.63, 3.8) is 0 Å². The number of carboxylic acids is 1. The van der Waals surface area contributed by atoms with Crippen molar-refractivity contribution in [3.8, 4) is 0 Å². The van der Waals surface area contributed by atoms with Gasteiger partial charge in [0.1, 0.15) is 0 Å². The van der Waals surface area contributed by atoms with Crippen LogP contribution in [0.1, 0.15) is 23.2 Å². The molecule has 0 atom stereocenters. The molecule has 21 heavy (non-hydrogen) atoms. The van der Waals surface area contributed by atoms with Gasteiger partial charge >= 0.3 is 5.97 Å². The van der Waals surface area contributed by atoms with Crippen molar-refractivity contribution in [1.82, 2.24) is 4.72 Å². The zero-order chi connectivity index (χ0) is 15.5. The van der Waals surface area contributed by atoms with Crippen LogP contribution in [0.4, 0.5) is 0 Å². The molecule has 0 radical (unpaired) electrons. The molecule has 0 aromatic heterocycles. The Hall–Kier alpha value is -1.15. The smallest absolute Gasteiger partial charge is 0.337 e. The van der Waals surface area contributed by atoms with E-state index in [0.29, 0.717) is 19.8 Å². The van der Waals surface area contributed by atoms with Crippen LogP contribution in [0, 0.1) is 5.92 Å². The van der Waals surface area contributed by atoms with Crippen LogP contribution in [0.5, 0.6) is 0 Å². The van der Waals surface area contributed by atoms with E-state index in [0.717, 1.165) is 18.9 Å². The number of aromatic carboxylic acids is 1. The second kappa shape index (κ2) is 6.74. The number of halogens is 1. The van der Waals surface area contributed by atoms with Crippen molar-refractivity contribution in [2.45, 2.75) is 17.7 Å². The molecule has 2 N–H and O–H groups in total. The molecule has 0 bridgehead atoms. The first-order chi connectivity index (χ1) is 9.90. The largest absolute Gasteiger partial charge is 0.478 e. The van der Waals surface area contributed by atoms with Crippen molar-refractivity contribution in [1.29, 1.82) is 0 Å². The Morgan fingerprint density at radius 2 is 2.05 bits per heavy atom. The van der Waals surface area contributed by atoms with Gasteiger partial charge in [0.25, 0.3) is 0 Å². The van der Waals surface area contributed by atoms with Gasteiger partial charge in [-0.25, -0.2) is 17.9 Å². The Kier molecular flexibility index (Phi) is 5.21. The molecule has 0 amide bonds. The third kappa shape index (κ3) is 4.16. The van der Waals surface area contributed by atoms with E-state index in [1.807, 2.05) is 0 Å². The third-order valence-corrected chi connectivity index (χ3v) is 5.12. The number of hydrogen-bond acceptors (Lipinski definition) is 4. The van der Waals surface area contributed by atoms with Gasteiger partial charge in [0.15, 0.2) is 0 Å². The molecular weight excluding hydrogens is 318 g/mol. The minimum atomic E-state index is -3.69. The van der Waals surface area contributed by atoms with Crippen LogP contribution in [0.25, 0.3) is 0 Å². The molecule has 1 heterocycles. The summed E-state index contributed by atoms with van der Waals surface area (Å²) >= 11 is 5.79. The number of hydrogen-bond donors (Lipinski definition) is 2. The quantitative estimate of drug-likeness (QED) is 0.856. The first kappa shape index (κ1) is 16.2. The minimum Gasteiger partial charge on any atom is -0.478 e. The predicted octanol–water partition coefficient (Wildman–Crippen LogP) is 1.74. The van der Waals surface area contributed by atoms with E-state index in [1.54, 1.807) is 0 Å². The van der Waals surface area contributed by atoms with E-state index in [2.05, 4.69) is 4.72 Å². The standard InChI is InChI=1S/C13H16ClNO5S/c14-12-7-10(1-2-11(12)13(16)17)21(18,19)15-8-9-3-5-20-6-4-9/h1-2,7,9,15H,3-6,8H2,(H,16,17).